The van der Waals surface area contributed by atoms with Gasteiger partial charge in [0, 0.05) is 25.6 Å². The van der Waals surface area contributed by atoms with Crippen molar-refractivity contribution in [2.24, 2.45) is 0 Å². The third-order valence-electron chi connectivity index (χ3n) is 6.17. The minimum Gasteiger partial charge on any atom is -0.489 e. The summed E-state index contributed by atoms with van der Waals surface area (Å²) in [5.41, 5.74) is 6.35. The molecule has 4 rings (SSSR count). The summed E-state index contributed by atoms with van der Waals surface area (Å²) >= 11 is 0. The summed E-state index contributed by atoms with van der Waals surface area (Å²) in [4.78, 5) is 13.6. The highest BCUT2D eigenvalue weighted by Crippen LogP contribution is 2.25. The van der Waals surface area contributed by atoms with E-state index in [4.69, 9.17) is 9.84 Å². The molecule has 0 bridgehead atoms. The van der Waals surface area contributed by atoms with E-state index < -0.39 is 5.97 Å². The monoisotopic (exact) mass is 441 g/mol. The molecule has 0 spiro atoms. The van der Waals surface area contributed by atoms with Crippen molar-refractivity contribution in [3.63, 3.8) is 0 Å². The number of hydrogen-bond acceptors (Lipinski definition) is 3. The Labute approximate surface area is 196 Å². The van der Waals surface area contributed by atoms with Gasteiger partial charge in [0.05, 0.1) is 6.42 Å². The molecular formula is C29H31NO3. The molecule has 0 saturated carbocycles. The van der Waals surface area contributed by atoms with Gasteiger partial charge in [0.25, 0.3) is 0 Å². The minimum absolute atomic E-state index is 0.0842. The Morgan fingerprint density at radius 3 is 2.39 bits per heavy atom. The number of carbonyl (C=O) groups is 1. The summed E-state index contributed by atoms with van der Waals surface area (Å²) in [6, 6.07) is 25.1. The van der Waals surface area contributed by atoms with Crippen molar-refractivity contribution in [2.45, 2.75) is 45.4 Å². The van der Waals surface area contributed by atoms with Crippen molar-refractivity contribution >= 4 is 5.97 Å². The van der Waals surface area contributed by atoms with Gasteiger partial charge in [-0.15, -0.1) is 0 Å². The van der Waals surface area contributed by atoms with Crippen LogP contribution in [0.15, 0.2) is 84.9 Å². The van der Waals surface area contributed by atoms with Crippen molar-refractivity contribution < 1.29 is 14.6 Å². The number of hydrogen-bond donors (Lipinski definition) is 1. The Morgan fingerprint density at radius 1 is 1.00 bits per heavy atom. The summed E-state index contributed by atoms with van der Waals surface area (Å²) in [7, 11) is 0. The Hall–Kier alpha value is -3.37. The van der Waals surface area contributed by atoms with Gasteiger partial charge in [-0.2, -0.15) is 0 Å². The van der Waals surface area contributed by atoms with E-state index in [1.165, 1.54) is 16.7 Å². The second-order valence-corrected chi connectivity index (χ2v) is 8.63. The lowest BCUT2D eigenvalue weighted by molar-refractivity contribution is -0.137. The summed E-state index contributed by atoms with van der Waals surface area (Å²) in [5, 5.41) is 9.13. The molecule has 3 aromatic rings. The highest BCUT2D eigenvalue weighted by atomic mass is 16.5. The first-order valence-corrected chi connectivity index (χ1v) is 11.5. The predicted molar refractivity (Wildman–Crippen MR) is 131 cm³/mol. The van der Waals surface area contributed by atoms with E-state index in [1.807, 2.05) is 43.3 Å². The first-order chi connectivity index (χ1) is 16.1. The van der Waals surface area contributed by atoms with Gasteiger partial charge < -0.3 is 9.84 Å². The van der Waals surface area contributed by atoms with E-state index in [9.17, 15) is 4.79 Å². The van der Waals surface area contributed by atoms with Gasteiger partial charge in [-0.3, -0.25) is 9.69 Å². The number of rotatable bonds is 9. The SMILES string of the molecule is CC=C[C@H](CC(=O)O)c1ccc(OCc2ccc(CN3CCc4ccccc4C3)cc2)cc1. The summed E-state index contributed by atoms with van der Waals surface area (Å²) in [5.74, 6) is -0.140. The van der Waals surface area contributed by atoms with Gasteiger partial charge in [0.2, 0.25) is 0 Å². The maximum atomic E-state index is 11.1. The van der Waals surface area contributed by atoms with Crippen LogP contribution in [0, 0.1) is 0 Å². The minimum atomic E-state index is -0.799. The molecule has 4 nitrogen and oxygen atoms in total. The molecule has 0 amide bonds. The lowest BCUT2D eigenvalue weighted by Crippen LogP contribution is -2.29. The molecular weight excluding hydrogens is 410 g/mol. The van der Waals surface area contributed by atoms with E-state index >= 15 is 0 Å². The lowest BCUT2D eigenvalue weighted by atomic mass is 9.95. The Morgan fingerprint density at radius 2 is 1.70 bits per heavy atom. The lowest BCUT2D eigenvalue weighted by Gasteiger charge is -2.28. The number of allylic oxidation sites excluding steroid dienone is 2. The second-order valence-electron chi connectivity index (χ2n) is 8.63. The van der Waals surface area contributed by atoms with E-state index in [1.54, 1.807) is 0 Å². The topological polar surface area (TPSA) is 49.8 Å². The van der Waals surface area contributed by atoms with Crippen LogP contribution in [0.5, 0.6) is 5.75 Å². The van der Waals surface area contributed by atoms with Crippen LogP contribution in [-0.4, -0.2) is 22.5 Å². The van der Waals surface area contributed by atoms with E-state index in [0.29, 0.717) is 6.61 Å². The molecule has 3 aromatic carbocycles. The number of carboxylic acid groups (broad SMARTS) is 1. The third kappa shape index (κ3) is 6.33. The molecule has 0 saturated heterocycles. The maximum Gasteiger partial charge on any atom is 0.304 e. The fourth-order valence-electron chi connectivity index (χ4n) is 4.38. The fraction of sp³-hybridized carbons (Fsp3) is 0.276. The Balaban J connectivity index is 1.29. The van der Waals surface area contributed by atoms with Crippen LogP contribution in [-0.2, 0) is 30.9 Å². The summed E-state index contributed by atoms with van der Waals surface area (Å²) in [6.45, 7) is 5.48. The molecule has 1 aliphatic rings. The molecule has 170 valence electrons. The first kappa shape index (κ1) is 22.8. The van der Waals surface area contributed by atoms with Crippen molar-refractivity contribution in [2.75, 3.05) is 6.54 Å². The molecule has 33 heavy (non-hydrogen) atoms. The van der Waals surface area contributed by atoms with E-state index in [-0.39, 0.29) is 12.3 Å². The average molecular weight is 442 g/mol. The maximum absolute atomic E-state index is 11.1. The normalized spacial score (nSPS) is 14.7. The zero-order valence-corrected chi connectivity index (χ0v) is 19.1. The van der Waals surface area contributed by atoms with Crippen LogP contribution in [0.3, 0.4) is 0 Å². The van der Waals surface area contributed by atoms with Crippen molar-refractivity contribution in [1.82, 2.24) is 4.90 Å². The number of fused-ring (bicyclic) bond motifs is 1. The van der Waals surface area contributed by atoms with Gasteiger partial charge in [0.1, 0.15) is 12.4 Å². The van der Waals surface area contributed by atoms with Gasteiger partial charge in [-0.1, -0.05) is 72.8 Å². The fourth-order valence-corrected chi connectivity index (χ4v) is 4.38. The second kappa shape index (κ2) is 11.0. The molecule has 0 aliphatic carbocycles. The zero-order valence-electron chi connectivity index (χ0n) is 19.1. The summed E-state index contributed by atoms with van der Waals surface area (Å²) < 4.78 is 5.95. The van der Waals surface area contributed by atoms with Crippen LogP contribution < -0.4 is 4.74 Å². The standard InChI is InChI=1S/C29H31NO3/c1-2-5-26(18-29(31)32)25-12-14-28(15-13-25)33-21-23-10-8-22(9-11-23)19-30-17-16-24-6-3-4-7-27(24)20-30/h2-15,26H,16-21H2,1H3,(H,31,32)/t26-/m1/s1. The highest BCUT2D eigenvalue weighted by Gasteiger charge is 2.16. The number of benzene rings is 3. The van der Waals surface area contributed by atoms with E-state index in [2.05, 4.69) is 53.4 Å². The van der Waals surface area contributed by atoms with Crippen molar-refractivity contribution in [3.8, 4) is 5.75 Å². The molecule has 0 aromatic heterocycles. The van der Waals surface area contributed by atoms with Gasteiger partial charge >= 0.3 is 5.97 Å². The van der Waals surface area contributed by atoms with Crippen LogP contribution >= 0.6 is 0 Å². The molecule has 0 unspecified atom stereocenters. The molecule has 1 N–H and O–H groups in total. The van der Waals surface area contributed by atoms with Gasteiger partial charge in [-0.25, -0.2) is 0 Å². The molecule has 4 heteroatoms. The third-order valence-corrected chi connectivity index (χ3v) is 6.17. The van der Waals surface area contributed by atoms with Crippen LogP contribution in [0.1, 0.15) is 47.1 Å². The molecule has 0 radical (unpaired) electrons. The summed E-state index contributed by atoms with van der Waals surface area (Å²) in [6.07, 6.45) is 5.02. The van der Waals surface area contributed by atoms with Crippen LogP contribution in [0.25, 0.3) is 0 Å². The van der Waals surface area contributed by atoms with Crippen LogP contribution in [0.4, 0.5) is 0 Å². The smallest absolute Gasteiger partial charge is 0.304 e. The van der Waals surface area contributed by atoms with E-state index in [0.717, 1.165) is 42.9 Å². The quantitative estimate of drug-likeness (QED) is 0.416. The number of ether oxygens (including phenoxy) is 1. The van der Waals surface area contributed by atoms with Crippen LogP contribution in [0.2, 0.25) is 0 Å². The first-order valence-electron chi connectivity index (χ1n) is 11.5. The van der Waals surface area contributed by atoms with Gasteiger partial charge in [-0.05, 0) is 53.3 Å². The highest BCUT2D eigenvalue weighted by molar-refractivity contribution is 5.68. The Kier molecular flexibility index (Phi) is 7.59. The zero-order chi connectivity index (χ0) is 23.0. The predicted octanol–water partition coefficient (Wildman–Crippen LogP) is 5.96. The molecule has 0 fully saturated rings. The Bertz CT molecular complexity index is 1090. The molecule has 1 aliphatic heterocycles. The largest absolute Gasteiger partial charge is 0.489 e. The number of carboxylic acids is 1. The van der Waals surface area contributed by atoms with Crippen molar-refractivity contribution in [3.05, 3.63) is 113 Å². The molecule has 1 heterocycles. The number of aliphatic carboxylic acids is 1. The van der Waals surface area contributed by atoms with Gasteiger partial charge in [0.15, 0.2) is 0 Å². The molecule has 1 atom stereocenters. The average Bonchev–Trinajstić information content (AvgIpc) is 2.83. The van der Waals surface area contributed by atoms with Crippen molar-refractivity contribution in [1.29, 1.82) is 0 Å². The number of nitrogens with zero attached hydrogens (tertiary/aromatic N) is 1.